The Hall–Kier alpha value is -1.26. The van der Waals surface area contributed by atoms with Gasteiger partial charge in [0.15, 0.2) is 0 Å². The average Bonchev–Trinajstić information content (AvgIpc) is 2.20. The number of anilines is 1. The molecule has 1 aromatic rings. The van der Waals surface area contributed by atoms with Gasteiger partial charge in [-0.15, -0.1) is 0 Å². The molecule has 0 spiro atoms. The van der Waals surface area contributed by atoms with Crippen molar-refractivity contribution in [3.8, 4) is 0 Å². The summed E-state index contributed by atoms with van der Waals surface area (Å²) in [6.07, 6.45) is 0. The fourth-order valence-corrected chi connectivity index (χ4v) is 1.23. The van der Waals surface area contributed by atoms with Crippen molar-refractivity contribution in [3.63, 3.8) is 0 Å². The van der Waals surface area contributed by atoms with Crippen molar-refractivity contribution >= 4 is 23.5 Å². The Bertz CT molecular complexity index is 300. The van der Waals surface area contributed by atoms with Crippen LogP contribution in [0.5, 0.6) is 0 Å². The van der Waals surface area contributed by atoms with E-state index < -0.39 is 0 Å². The Labute approximate surface area is 87.7 Å². The fourth-order valence-electron chi connectivity index (χ4n) is 0.893. The van der Waals surface area contributed by atoms with Gasteiger partial charge >= 0.3 is 0 Å². The molecule has 0 aliphatic rings. The van der Waals surface area contributed by atoms with Gasteiger partial charge in [0, 0.05) is 5.69 Å². The first-order valence-corrected chi connectivity index (χ1v) is 5.05. The number of hydrogen-bond acceptors (Lipinski definition) is 3. The summed E-state index contributed by atoms with van der Waals surface area (Å²) < 4.78 is 2.84. The molecular weight excluding hydrogens is 196 g/mol. The van der Waals surface area contributed by atoms with Crippen LogP contribution in [0.1, 0.15) is 0 Å². The maximum Gasteiger partial charge on any atom is 0.239 e. The molecule has 0 aliphatic heterocycles. The van der Waals surface area contributed by atoms with E-state index in [0.717, 1.165) is 5.69 Å². The van der Waals surface area contributed by atoms with Gasteiger partial charge in [-0.3, -0.25) is 9.52 Å². The SMILES string of the molecule is C=CSNCC(=O)Nc1ccccc1. The summed E-state index contributed by atoms with van der Waals surface area (Å²) >= 11 is 1.30. The summed E-state index contributed by atoms with van der Waals surface area (Å²) in [6, 6.07) is 9.35. The van der Waals surface area contributed by atoms with Crippen LogP contribution in [0.4, 0.5) is 5.69 Å². The average molecular weight is 208 g/mol. The van der Waals surface area contributed by atoms with Crippen LogP contribution in [0.15, 0.2) is 42.3 Å². The zero-order chi connectivity index (χ0) is 10.2. The molecule has 0 bridgehead atoms. The van der Waals surface area contributed by atoms with Crippen LogP contribution in [-0.4, -0.2) is 12.5 Å². The normalized spacial score (nSPS) is 9.43. The Morgan fingerprint density at radius 1 is 1.43 bits per heavy atom. The van der Waals surface area contributed by atoms with E-state index in [0.29, 0.717) is 0 Å². The van der Waals surface area contributed by atoms with Gasteiger partial charge in [0.2, 0.25) is 5.91 Å². The van der Waals surface area contributed by atoms with Crippen LogP contribution >= 0.6 is 11.9 Å². The van der Waals surface area contributed by atoms with Crippen LogP contribution in [0, 0.1) is 0 Å². The monoisotopic (exact) mass is 208 g/mol. The first-order chi connectivity index (χ1) is 6.83. The summed E-state index contributed by atoms with van der Waals surface area (Å²) in [5.41, 5.74) is 0.808. The van der Waals surface area contributed by atoms with Crippen LogP contribution < -0.4 is 10.0 Å². The van der Waals surface area contributed by atoms with Crippen LogP contribution in [0.2, 0.25) is 0 Å². The number of carbonyl (C=O) groups excluding carboxylic acids is 1. The van der Waals surface area contributed by atoms with Gasteiger partial charge in [-0.05, 0) is 17.5 Å². The molecule has 1 aromatic carbocycles. The van der Waals surface area contributed by atoms with E-state index >= 15 is 0 Å². The first kappa shape index (κ1) is 10.8. The minimum absolute atomic E-state index is 0.0643. The molecule has 0 unspecified atom stereocenters. The second-order valence-electron chi connectivity index (χ2n) is 2.52. The van der Waals surface area contributed by atoms with Gasteiger partial charge in [0.25, 0.3) is 0 Å². The van der Waals surface area contributed by atoms with E-state index in [1.54, 1.807) is 5.41 Å². The number of benzene rings is 1. The number of amides is 1. The fraction of sp³-hybridized carbons (Fsp3) is 0.100. The molecule has 0 saturated carbocycles. The highest BCUT2D eigenvalue weighted by atomic mass is 32.2. The highest BCUT2D eigenvalue weighted by Gasteiger charge is 1.99. The number of hydrogen-bond donors (Lipinski definition) is 2. The molecule has 3 nitrogen and oxygen atoms in total. The lowest BCUT2D eigenvalue weighted by Crippen LogP contribution is -2.23. The zero-order valence-corrected chi connectivity index (χ0v) is 8.51. The van der Waals surface area contributed by atoms with Crippen LogP contribution in [0.3, 0.4) is 0 Å². The number of nitrogens with one attached hydrogen (secondary N) is 2. The van der Waals surface area contributed by atoms with Crippen molar-refractivity contribution in [1.29, 1.82) is 0 Å². The summed E-state index contributed by atoms with van der Waals surface area (Å²) in [5, 5.41) is 4.39. The Balaban J connectivity index is 2.31. The summed E-state index contributed by atoms with van der Waals surface area (Å²) in [4.78, 5) is 11.3. The second kappa shape index (κ2) is 6.23. The van der Waals surface area contributed by atoms with Crippen molar-refractivity contribution in [1.82, 2.24) is 4.72 Å². The molecule has 0 atom stereocenters. The quantitative estimate of drug-likeness (QED) is 0.574. The smallest absolute Gasteiger partial charge is 0.239 e. The summed E-state index contributed by atoms with van der Waals surface area (Å²) in [6.45, 7) is 3.78. The molecular formula is C10H12N2OS. The van der Waals surface area contributed by atoms with E-state index in [1.807, 2.05) is 30.3 Å². The maximum absolute atomic E-state index is 11.3. The topological polar surface area (TPSA) is 41.1 Å². The van der Waals surface area contributed by atoms with E-state index in [1.165, 1.54) is 11.9 Å². The summed E-state index contributed by atoms with van der Waals surface area (Å²) in [7, 11) is 0. The van der Waals surface area contributed by atoms with Gasteiger partial charge in [0.1, 0.15) is 0 Å². The predicted octanol–water partition coefficient (Wildman–Crippen LogP) is 2.01. The van der Waals surface area contributed by atoms with E-state index in [2.05, 4.69) is 16.6 Å². The molecule has 0 fully saturated rings. The van der Waals surface area contributed by atoms with Crippen molar-refractivity contribution in [2.24, 2.45) is 0 Å². The molecule has 1 amide bonds. The lowest BCUT2D eigenvalue weighted by molar-refractivity contribution is -0.115. The van der Waals surface area contributed by atoms with E-state index in [9.17, 15) is 4.79 Å². The van der Waals surface area contributed by atoms with Gasteiger partial charge < -0.3 is 5.32 Å². The zero-order valence-electron chi connectivity index (χ0n) is 7.69. The second-order valence-corrected chi connectivity index (χ2v) is 3.38. The van der Waals surface area contributed by atoms with Crippen molar-refractivity contribution in [3.05, 3.63) is 42.3 Å². The van der Waals surface area contributed by atoms with Gasteiger partial charge in [-0.2, -0.15) is 0 Å². The molecule has 4 heteroatoms. The van der Waals surface area contributed by atoms with Gasteiger partial charge in [-0.1, -0.05) is 36.7 Å². The predicted molar refractivity (Wildman–Crippen MR) is 60.9 cm³/mol. The minimum atomic E-state index is -0.0643. The Morgan fingerprint density at radius 2 is 2.14 bits per heavy atom. The third-order valence-corrected chi connectivity index (χ3v) is 1.93. The Morgan fingerprint density at radius 3 is 2.79 bits per heavy atom. The lowest BCUT2D eigenvalue weighted by atomic mass is 10.3. The standard InChI is InChI=1S/C10H12N2OS/c1-2-14-11-8-10(13)12-9-6-4-3-5-7-9/h2-7,11H,1,8H2,(H,12,13). The molecule has 0 heterocycles. The number of para-hydroxylation sites is 1. The highest BCUT2D eigenvalue weighted by molar-refractivity contribution is 8.00. The summed E-state index contributed by atoms with van der Waals surface area (Å²) in [5.74, 6) is -0.0643. The molecule has 0 aliphatic carbocycles. The van der Waals surface area contributed by atoms with Gasteiger partial charge in [0.05, 0.1) is 6.54 Å². The molecule has 1 rings (SSSR count). The van der Waals surface area contributed by atoms with Crippen molar-refractivity contribution < 1.29 is 4.79 Å². The Kier molecular flexibility index (Phi) is 4.82. The van der Waals surface area contributed by atoms with Crippen molar-refractivity contribution in [2.45, 2.75) is 0 Å². The van der Waals surface area contributed by atoms with Crippen LogP contribution in [0.25, 0.3) is 0 Å². The third kappa shape index (κ3) is 4.11. The van der Waals surface area contributed by atoms with Crippen molar-refractivity contribution in [2.75, 3.05) is 11.9 Å². The highest BCUT2D eigenvalue weighted by Crippen LogP contribution is 2.04. The number of rotatable bonds is 5. The third-order valence-electron chi connectivity index (χ3n) is 1.46. The van der Waals surface area contributed by atoms with Crippen LogP contribution in [-0.2, 0) is 4.79 Å². The molecule has 0 saturated heterocycles. The minimum Gasteiger partial charge on any atom is -0.325 e. The van der Waals surface area contributed by atoms with Gasteiger partial charge in [-0.25, -0.2) is 0 Å². The van der Waals surface area contributed by atoms with E-state index in [4.69, 9.17) is 0 Å². The molecule has 0 aromatic heterocycles. The first-order valence-electron chi connectivity index (χ1n) is 4.17. The molecule has 0 radical (unpaired) electrons. The molecule has 2 N–H and O–H groups in total. The number of carbonyl (C=O) groups is 1. The molecule has 14 heavy (non-hydrogen) atoms. The van der Waals surface area contributed by atoms with E-state index in [-0.39, 0.29) is 12.5 Å². The molecule has 74 valence electrons. The largest absolute Gasteiger partial charge is 0.325 e. The maximum atomic E-state index is 11.3. The lowest BCUT2D eigenvalue weighted by Gasteiger charge is -2.04.